The van der Waals surface area contributed by atoms with Crippen LogP contribution in [0.25, 0.3) is 21.3 Å². The molecule has 0 radical (unpaired) electrons. The molecule has 32 heavy (non-hydrogen) atoms. The molecule has 4 rings (SSSR count). The zero-order chi connectivity index (χ0) is 22.5. The smallest absolute Gasteiger partial charge is 0.263 e. The SMILES string of the molecule is CCOc1ccc(Br)cc1/C=N/NC(=O)Cn1cnc2scc(-c3ccccc3)c2c1=O. The third kappa shape index (κ3) is 4.79. The summed E-state index contributed by atoms with van der Waals surface area (Å²) in [5, 5.41) is 6.43. The number of halogens is 1. The minimum absolute atomic E-state index is 0.194. The van der Waals surface area contributed by atoms with E-state index < -0.39 is 5.91 Å². The average molecular weight is 511 g/mol. The van der Waals surface area contributed by atoms with E-state index in [1.807, 2.05) is 60.8 Å². The van der Waals surface area contributed by atoms with Gasteiger partial charge in [-0.15, -0.1) is 11.3 Å². The first-order valence-electron chi connectivity index (χ1n) is 9.83. The van der Waals surface area contributed by atoms with Crippen LogP contribution in [0.4, 0.5) is 0 Å². The largest absolute Gasteiger partial charge is 0.493 e. The average Bonchev–Trinajstić information content (AvgIpc) is 3.23. The van der Waals surface area contributed by atoms with Crippen molar-refractivity contribution in [2.75, 3.05) is 6.61 Å². The number of rotatable bonds is 7. The fourth-order valence-corrected chi connectivity index (χ4v) is 4.47. The van der Waals surface area contributed by atoms with Crippen LogP contribution in [0.15, 0.2) is 74.6 Å². The molecule has 2 aromatic heterocycles. The second-order valence-electron chi connectivity index (χ2n) is 6.78. The number of hydrazone groups is 1. The maximum atomic E-state index is 13.1. The van der Waals surface area contributed by atoms with Crippen LogP contribution in [0.5, 0.6) is 5.75 Å². The van der Waals surface area contributed by atoms with Gasteiger partial charge in [-0.1, -0.05) is 46.3 Å². The van der Waals surface area contributed by atoms with Gasteiger partial charge in [0.2, 0.25) is 0 Å². The molecule has 0 saturated heterocycles. The van der Waals surface area contributed by atoms with Gasteiger partial charge in [-0.3, -0.25) is 14.2 Å². The summed E-state index contributed by atoms with van der Waals surface area (Å²) in [7, 11) is 0. The molecule has 162 valence electrons. The van der Waals surface area contributed by atoms with E-state index in [1.165, 1.54) is 28.4 Å². The second kappa shape index (κ2) is 9.88. The molecule has 0 saturated carbocycles. The minimum Gasteiger partial charge on any atom is -0.493 e. The summed E-state index contributed by atoms with van der Waals surface area (Å²) in [4.78, 5) is 30.5. The molecule has 9 heteroatoms. The highest BCUT2D eigenvalue weighted by atomic mass is 79.9. The molecular weight excluding hydrogens is 492 g/mol. The fourth-order valence-electron chi connectivity index (χ4n) is 3.18. The lowest BCUT2D eigenvalue weighted by Gasteiger charge is -2.07. The van der Waals surface area contributed by atoms with Crippen molar-refractivity contribution in [3.8, 4) is 16.9 Å². The third-order valence-electron chi connectivity index (χ3n) is 4.62. The molecule has 0 fully saturated rings. The standard InChI is InChI=1S/C23H19BrN4O3S/c1-2-31-19-9-8-17(24)10-16(19)11-26-27-20(29)12-28-14-25-22-21(23(28)30)18(13-32-22)15-6-4-3-5-7-15/h3-11,13-14H,2,12H2,1H3,(H,27,29)/b26-11+. The van der Waals surface area contributed by atoms with Gasteiger partial charge in [-0.25, -0.2) is 10.4 Å². The molecule has 0 unspecified atom stereocenters. The molecule has 4 aromatic rings. The molecule has 0 bridgehead atoms. The van der Waals surface area contributed by atoms with Gasteiger partial charge in [-0.05, 0) is 30.7 Å². The lowest BCUT2D eigenvalue weighted by molar-refractivity contribution is -0.121. The molecule has 2 heterocycles. The first kappa shape index (κ1) is 21.9. The Bertz CT molecular complexity index is 1350. The molecular formula is C23H19BrN4O3S. The summed E-state index contributed by atoms with van der Waals surface area (Å²) in [5.41, 5.74) is 4.66. The van der Waals surface area contributed by atoms with E-state index >= 15 is 0 Å². The van der Waals surface area contributed by atoms with Crippen molar-refractivity contribution in [2.24, 2.45) is 5.10 Å². The fraction of sp³-hybridized carbons (Fsp3) is 0.130. The second-order valence-corrected chi connectivity index (χ2v) is 8.56. The molecule has 1 N–H and O–H groups in total. The molecule has 0 aliphatic carbocycles. The highest BCUT2D eigenvalue weighted by Crippen LogP contribution is 2.30. The molecule has 7 nitrogen and oxygen atoms in total. The first-order valence-corrected chi connectivity index (χ1v) is 11.5. The van der Waals surface area contributed by atoms with Crippen molar-refractivity contribution < 1.29 is 9.53 Å². The molecule has 0 aliphatic rings. The lowest BCUT2D eigenvalue weighted by atomic mass is 10.1. The molecule has 0 atom stereocenters. The number of amides is 1. The Hall–Kier alpha value is -3.30. The summed E-state index contributed by atoms with van der Waals surface area (Å²) in [6.07, 6.45) is 2.89. The van der Waals surface area contributed by atoms with Gasteiger partial charge >= 0.3 is 0 Å². The summed E-state index contributed by atoms with van der Waals surface area (Å²) >= 11 is 4.81. The van der Waals surface area contributed by atoms with Crippen LogP contribution in [0, 0.1) is 0 Å². The van der Waals surface area contributed by atoms with E-state index in [2.05, 4.69) is 31.4 Å². The predicted octanol–water partition coefficient (Wildman–Crippen LogP) is 4.44. The molecule has 1 amide bonds. The van der Waals surface area contributed by atoms with Crippen LogP contribution in [0.3, 0.4) is 0 Å². The number of carbonyl (C=O) groups is 1. The predicted molar refractivity (Wildman–Crippen MR) is 130 cm³/mol. The van der Waals surface area contributed by atoms with Gasteiger partial charge in [-0.2, -0.15) is 5.10 Å². The minimum atomic E-state index is -0.436. The van der Waals surface area contributed by atoms with Crippen molar-refractivity contribution >= 4 is 49.6 Å². The number of fused-ring (bicyclic) bond motifs is 1. The van der Waals surface area contributed by atoms with Gasteiger partial charge in [0.1, 0.15) is 17.1 Å². The summed E-state index contributed by atoms with van der Waals surface area (Å²) in [5.74, 6) is 0.222. The Morgan fingerprint density at radius 1 is 1.28 bits per heavy atom. The van der Waals surface area contributed by atoms with Crippen molar-refractivity contribution in [1.82, 2.24) is 15.0 Å². The topological polar surface area (TPSA) is 85.6 Å². The van der Waals surface area contributed by atoms with Gasteiger partial charge in [0, 0.05) is 21.0 Å². The van der Waals surface area contributed by atoms with Gasteiger partial charge in [0.15, 0.2) is 0 Å². The number of nitrogens with one attached hydrogen (secondary N) is 1. The Balaban J connectivity index is 1.52. The maximum absolute atomic E-state index is 13.1. The van der Waals surface area contributed by atoms with E-state index in [0.29, 0.717) is 28.1 Å². The summed E-state index contributed by atoms with van der Waals surface area (Å²) < 4.78 is 7.72. The Labute approximate surface area is 196 Å². The summed E-state index contributed by atoms with van der Waals surface area (Å²) in [6, 6.07) is 15.2. The van der Waals surface area contributed by atoms with Crippen LogP contribution in [-0.2, 0) is 11.3 Å². The van der Waals surface area contributed by atoms with Gasteiger partial charge in [0.05, 0.1) is 24.5 Å². The van der Waals surface area contributed by atoms with E-state index in [-0.39, 0.29) is 12.1 Å². The van der Waals surface area contributed by atoms with Crippen LogP contribution in [-0.4, -0.2) is 28.3 Å². The van der Waals surface area contributed by atoms with Crippen LogP contribution in [0.2, 0.25) is 0 Å². The number of carbonyl (C=O) groups excluding carboxylic acids is 1. The van der Waals surface area contributed by atoms with Crippen LogP contribution in [0.1, 0.15) is 12.5 Å². The zero-order valence-corrected chi connectivity index (χ0v) is 19.5. The van der Waals surface area contributed by atoms with Gasteiger partial charge in [0.25, 0.3) is 11.5 Å². The first-order chi connectivity index (χ1) is 15.6. The van der Waals surface area contributed by atoms with Gasteiger partial charge < -0.3 is 4.74 Å². The zero-order valence-electron chi connectivity index (χ0n) is 17.1. The Morgan fingerprint density at radius 2 is 2.09 bits per heavy atom. The van der Waals surface area contributed by atoms with E-state index in [0.717, 1.165) is 15.6 Å². The van der Waals surface area contributed by atoms with Crippen LogP contribution < -0.4 is 15.7 Å². The lowest BCUT2D eigenvalue weighted by Crippen LogP contribution is -2.30. The van der Waals surface area contributed by atoms with Crippen molar-refractivity contribution in [2.45, 2.75) is 13.5 Å². The monoisotopic (exact) mass is 510 g/mol. The number of thiophene rings is 1. The van der Waals surface area contributed by atoms with Crippen molar-refractivity contribution in [3.63, 3.8) is 0 Å². The Morgan fingerprint density at radius 3 is 2.88 bits per heavy atom. The van der Waals surface area contributed by atoms with Crippen LogP contribution >= 0.6 is 27.3 Å². The number of ether oxygens (including phenoxy) is 1. The van der Waals surface area contributed by atoms with E-state index in [1.54, 1.807) is 0 Å². The third-order valence-corrected chi connectivity index (χ3v) is 6.00. The molecule has 0 aliphatic heterocycles. The number of benzene rings is 2. The number of nitrogens with zero attached hydrogens (tertiary/aromatic N) is 3. The quantitative estimate of drug-likeness (QED) is 0.294. The highest BCUT2D eigenvalue weighted by molar-refractivity contribution is 9.10. The highest BCUT2D eigenvalue weighted by Gasteiger charge is 2.14. The number of hydrogen-bond donors (Lipinski definition) is 1. The normalized spacial score (nSPS) is 11.2. The molecule has 0 spiro atoms. The van der Waals surface area contributed by atoms with E-state index in [9.17, 15) is 9.59 Å². The van der Waals surface area contributed by atoms with Crippen molar-refractivity contribution in [3.05, 3.63) is 80.6 Å². The molecule has 2 aromatic carbocycles. The van der Waals surface area contributed by atoms with E-state index in [4.69, 9.17) is 4.74 Å². The van der Waals surface area contributed by atoms with Crippen molar-refractivity contribution in [1.29, 1.82) is 0 Å². The number of hydrogen-bond acceptors (Lipinski definition) is 6. The maximum Gasteiger partial charge on any atom is 0.263 e. The Kier molecular flexibility index (Phi) is 6.77. The number of aromatic nitrogens is 2. The summed E-state index contributed by atoms with van der Waals surface area (Å²) in [6.45, 7) is 2.21.